The zero-order chi connectivity index (χ0) is 11.5. The molecule has 1 amide bonds. The molecule has 7 nitrogen and oxygen atoms in total. The Kier molecular flexibility index (Phi) is 3.16. The van der Waals surface area contributed by atoms with Gasteiger partial charge in [-0.15, -0.1) is 0 Å². The van der Waals surface area contributed by atoms with Gasteiger partial charge in [-0.2, -0.15) is 4.98 Å². The lowest BCUT2D eigenvalue weighted by Gasteiger charge is -2.05. The molecule has 0 bridgehead atoms. The van der Waals surface area contributed by atoms with Gasteiger partial charge in [0.25, 0.3) is 11.7 Å². The lowest BCUT2D eigenvalue weighted by Crippen LogP contribution is -2.27. The second-order valence-corrected chi connectivity index (χ2v) is 3.62. The number of hydrogen-bond donors (Lipinski definition) is 2. The van der Waals surface area contributed by atoms with Crippen molar-refractivity contribution in [2.45, 2.75) is 18.9 Å². The third-order valence-corrected chi connectivity index (χ3v) is 2.42. The van der Waals surface area contributed by atoms with Crippen molar-refractivity contribution in [1.29, 1.82) is 0 Å². The van der Waals surface area contributed by atoms with Crippen LogP contribution in [0.15, 0.2) is 4.52 Å². The molecule has 1 aliphatic rings. The minimum atomic E-state index is -0.343. The number of nitrogens with two attached hydrogens (primary N) is 1. The third-order valence-electron chi connectivity index (χ3n) is 2.42. The second-order valence-electron chi connectivity index (χ2n) is 3.62. The topological polar surface area (TPSA) is 103 Å². The molecule has 0 aliphatic carbocycles. The van der Waals surface area contributed by atoms with Crippen LogP contribution in [0.1, 0.15) is 29.4 Å². The maximum absolute atomic E-state index is 11.4. The molecule has 2 unspecified atom stereocenters. The van der Waals surface area contributed by atoms with Gasteiger partial charge in [-0.25, -0.2) is 0 Å². The number of nitrogens with one attached hydrogen (secondary N) is 1. The van der Waals surface area contributed by atoms with E-state index in [1.807, 2.05) is 6.92 Å². The van der Waals surface area contributed by atoms with Crippen LogP contribution in [0.5, 0.6) is 0 Å². The van der Waals surface area contributed by atoms with Gasteiger partial charge in [0.05, 0.1) is 19.1 Å². The highest BCUT2D eigenvalue weighted by molar-refractivity contribution is 5.90. The van der Waals surface area contributed by atoms with Crippen molar-refractivity contribution in [3.8, 4) is 0 Å². The van der Waals surface area contributed by atoms with Gasteiger partial charge in [-0.3, -0.25) is 4.79 Å². The van der Waals surface area contributed by atoms with E-state index in [0.29, 0.717) is 25.6 Å². The van der Waals surface area contributed by atoms with Crippen LogP contribution in [0.4, 0.5) is 0 Å². The van der Waals surface area contributed by atoms with E-state index in [1.54, 1.807) is 0 Å². The first-order chi connectivity index (χ1) is 7.72. The van der Waals surface area contributed by atoms with Crippen molar-refractivity contribution in [3.63, 3.8) is 0 Å². The average Bonchev–Trinajstić information content (AvgIpc) is 2.86. The largest absolute Gasteiger partial charge is 0.379 e. The van der Waals surface area contributed by atoms with Crippen molar-refractivity contribution < 1.29 is 14.1 Å². The van der Waals surface area contributed by atoms with Gasteiger partial charge < -0.3 is 20.3 Å². The van der Waals surface area contributed by atoms with E-state index in [2.05, 4.69) is 15.5 Å². The number of ether oxygens (including phenoxy) is 1. The predicted molar refractivity (Wildman–Crippen MR) is 53.8 cm³/mol. The molecule has 1 aromatic rings. The van der Waals surface area contributed by atoms with E-state index in [1.165, 1.54) is 0 Å². The summed E-state index contributed by atoms with van der Waals surface area (Å²) in [6.45, 7) is 3.27. The number of aromatic nitrogens is 2. The first kappa shape index (κ1) is 11.0. The van der Waals surface area contributed by atoms with E-state index in [-0.39, 0.29) is 23.7 Å². The fraction of sp³-hybridized carbons (Fsp3) is 0.667. The molecule has 1 aromatic heterocycles. The fourth-order valence-electron chi connectivity index (χ4n) is 1.54. The summed E-state index contributed by atoms with van der Waals surface area (Å²) in [7, 11) is 0. The Morgan fingerprint density at radius 1 is 1.62 bits per heavy atom. The molecule has 0 radical (unpaired) electrons. The number of hydrogen-bond acceptors (Lipinski definition) is 6. The van der Waals surface area contributed by atoms with Crippen LogP contribution >= 0.6 is 0 Å². The van der Waals surface area contributed by atoms with Crippen LogP contribution in [0.2, 0.25) is 0 Å². The maximum atomic E-state index is 11.4. The number of rotatable bonds is 3. The van der Waals surface area contributed by atoms with Crippen LogP contribution in [0.3, 0.4) is 0 Å². The number of amides is 1. The third kappa shape index (κ3) is 2.05. The zero-order valence-corrected chi connectivity index (χ0v) is 8.97. The molecule has 2 heterocycles. The quantitative estimate of drug-likeness (QED) is 0.703. The van der Waals surface area contributed by atoms with Crippen LogP contribution in [0.25, 0.3) is 0 Å². The van der Waals surface area contributed by atoms with Crippen LogP contribution in [0, 0.1) is 0 Å². The molecule has 1 aliphatic heterocycles. The van der Waals surface area contributed by atoms with Crippen LogP contribution in [-0.4, -0.2) is 41.8 Å². The molecule has 3 N–H and O–H groups in total. The molecule has 1 fully saturated rings. The minimum absolute atomic E-state index is 0.0379. The highest BCUT2D eigenvalue weighted by Gasteiger charge is 2.32. The van der Waals surface area contributed by atoms with Gasteiger partial charge in [0, 0.05) is 12.6 Å². The molecule has 7 heteroatoms. The lowest BCUT2D eigenvalue weighted by atomic mass is 10.1. The summed E-state index contributed by atoms with van der Waals surface area (Å²) in [4.78, 5) is 15.4. The highest BCUT2D eigenvalue weighted by atomic mass is 16.5. The summed E-state index contributed by atoms with van der Waals surface area (Å²) in [6.07, 6.45) is 0. The summed E-state index contributed by atoms with van der Waals surface area (Å²) in [5, 5.41) is 6.19. The van der Waals surface area contributed by atoms with Crippen molar-refractivity contribution >= 4 is 5.91 Å². The Labute approximate surface area is 92.3 Å². The van der Waals surface area contributed by atoms with Gasteiger partial charge >= 0.3 is 0 Å². The molecule has 16 heavy (non-hydrogen) atoms. The van der Waals surface area contributed by atoms with Crippen molar-refractivity contribution in [1.82, 2.24) is 15.5 Å². The summed E-state index contributed by atoms with van der Waals surface area (Å²) in [6, 6.07) is -0.150. The molecule has 2 atom stereocenters. The molecule has 0 aromatic carbocycles. The van der Waals surface area contributed by atoms with Gasteiger partial charge in [-0.1, -0.05) is 5.16 Å². The predicted octanol–water partition coefficient (Wildman–Crippen LogP) is -0.740. The Bertz CT molecular complexity index is 379. The molecular formula is C9H14N4O3. The SMILES string of the molecule is CCNC(=O)c1noc(C2COCC2N)n1. The van der Waals surface area contributed by atoms with E-state index >= 15 is 0 Å². The van der Waals surface area contributed by atoms with E-state index in [0.717, 1.165) is 0 Å². The number of nitrogens with zero attached hydrogens (tertiary/aromatic N) is 2. The standard InChI is InChI=1S/C9H14N4O3/c1-2-11-8(14)7-12-9(16-13-7)5-3-15-4-6(5)10/h5-6H,2-4,10H2,1H3,(H,11,14). The Morgan fingerprint density at radius 2 is 2.44 bits per heavy atom. The zero-order valence-electron chi connectivity index (χ0n) is 8.97. The molecule has 0 saturated carbocycles. The van der Waals surface area contributed by atoms with Crippen molar-refractivity contribution in [3.05, 3.63) is 11.7 Å². The Hall–Kier alpha value is -1.47. The van der Waals surface area contributed by atoms with Crippen LogP contribution in [-0.2, 0) is 4.74 Å². The average molecular weight is 226 g/mol. The van der Waals surface area contributed by atoms with E-state index in [4.69, 9.17) is 15.0 Å². The van der Waals surface area contributed by atoms with E-state index < -0.39 is 0 Å². The number of carbonyl (C=O) groups excluding carboxylic acids is 1. The van der Waals surface area contributed by atoms with Crippen molar-refractivity contribution in [2.75, 3.05) is 19.8 Å². The highest BCUT2D eigenvalue weighted by Crippen LogP contribution is 2.22. The molecule has 1 saturated heterocycles. The molecular weight excluding hydrogens is 212 g/mol. The maximum Gasteiger partial charge on any atom is 0.292 e. The minimum Gasteiger partial charge on any atom is -0.379 e. The smallest absolute Gasteiger partial charge is 0.292 e. The lowest BCUT2D eigenvalue weighted by molar-refractivity contribution is 0.0942. The molecule has 88 valence electrons. The molecule has 2 rings (SSSR count). The van der Waals surface area contributed by atoms with Crippen molar-refractivity contribution in [2.24, 2.45) is 5.73 Å². The van der Waals surface area contributed by atoms with E-state index in [9.17, 15) is 4.79 Å². The Morgan fingerprint density at radius 3 is 3.06 bits per heavy atom. The van der Waals surface area contributed by atoms with Gasteiger partial charge in [0.15, 0.2) is 0 Å². The summed E-state index contributed by atoms with van der Waals surface area (Å²) in [5.41, 5.74) is 5.80. The fourth-order valence-corrected chi connectivity index (χ4v) is 1.54. The van der Waals surface area contributed by atoms with Crippen LogP contribution < -0.4 is 11.1 Å². The summed E-state index contributed by atoms with van der Waals surface area (Å²) < 4.78 is 10.2. The second kappa shape index (κ2) is 4.58. The first-order valence-electron chi connectivity index (χ1n) is 5.17. The molecule has 0 spiro atoms. The van der Waals surface area contributed by atoms with Gasteiger partial charge in [-0.05, 0) is 6.92 Å². The summed E-state index contributed by atoms with van der Waals surface area (Å²) >= 11 is 0. The normalized spacial score (nSPS) is 24.6. The monoisotopic (exact) mass is 226 g/mol. The number of carbonyl (C=O) groups is 1. The van der Waals surface area contributed by atoms with Gasteiger partial charge in [0.2, 0.25) is 5.89 Å². The first-order valence-corrected chi connectivity index (χ1v) is 5.17. The Balaban J connectivity index is 2.10. The van der Waals surface area contributed by atoms with Gasteiger partial charge in [0.1, 0.15) is 0 Å². The summed E-state index contributed by atoms with van der Waals surface area (Å²) in [5.74, 6) is -0.0529.